The Morgan fingerprint density at radius 1 is 1.24 bits per heavy atom. The lowest BCUT2D eigenvalue weighted by molar-refractivity contribution is -0.116. The lowest BCUT2D eigenvalue weighted by atomic mass is 10.1. The molecule has 0 aromatic heterocycles. The van der Waals surface area contributed by atoms with E-state index in [-0.39, 0.29) is 5.91 Å². The van der Waals surface area contributed by atoms with Gasteiger partial charge in [-0.1, -0.05) is 13.0 Å². The van der Waals surface area contributed by atoms with Gasteiger partial charge >= 0.3 is 0 Å². The first-order chi connectivity index (χ1) is 10.1. The molecule has 1 aliphatic rings. The highest BCUT2D eigenvalue weighted by Gasteiger charge is 2.16. The molecule has 1 aliphatic heterocycles. The number of amides is 1. The van der Waals surface area contributed by atoms with E-state index in [9.17, 15) is 4.79 Å². The summed E-state index contributed by atoms with van der Waals surface area (Å²) in [6.45, 7) is 10.4. The Morgan fingerprint density at radius 2 is 1.90 bits per heavy atom. The number of nitrogen functional groups attached to an aromatic ring is 1. The second-order valence-electron chi connectivity index (χ2n) is 5.59. The van der Waals surface area contributed by atoms with Crippen molar-refractivity contribution < 1.29 is 4.79 Å². The largest absolute Gasteiger partial charge is 0.398 e. The van der Waals surface area contributed by atoms with Crippen molar-refractivity contribution in [2.24, 2.45) is 0 Å². The molecule has 0 atom stereocenters. The fourth-order valence-corrected chi connectivity index (χ4v) is 2.59. The molecule has 0 saturated carbocycles. The zero-order chi connectivity index (χ0) is 15.2. The summed E-state index contributed by atoms with van der Waals surface area (Å²) in [7, 11) is 0. The molecule has 5 nitrogen and oxygen atoms in total. The van der Waals surface area contributed by atoms with Gasteiger partial charge in [-0.25, -0.2) is 0 Å². The van der Waals surface area contributed by atoms with Crippen molar-refractivity contribution in [1.82, 2.24) is 9.80 Å². The summed E-state index contributed by atoms with van der Waals surface area (Å²) in [6, 6.07) is 5.60. The number of nitrogens with one attached hydrogen (secondary N) is 1. The summed E-state index contributed by atoms with van der Waals surface area (Å²) in [5.74, 6) is 0.0571. The number of anilines is 2. The van der Waals surface area contributed by atoms with E-state index < -0.39 is 0 Å². The fraction of sp³-hybridized carbons (Fsp3) is 0.562. The number of nitrogens with two attached hydrogens (primary N) is 1. The van der Waals surface area contributed by atoms with Crippen molar-refractivity contribution in [3.05, 3.63) is 23.8 Å². The van der Waals surface area contributed by atoms with E-state index in [0.29, 0.717) is 12.1 Å². The van der Waals surface area contributed by atoms with Crippen LogP contribution in [0.5, 0.6) is 0 Å². The van der Waals surface area contributed by atoms with Gasteiger partial charge in [-0.2, -0.15) is 0 Å². The highest BCUT2D eigenvalue weighted by molar-refractivity contribution is 5.92. The quantitative estimate of drug-likeness (QED) is 0.808. The minimum absolute atomic E-state index is 0.0571. The van der Waals surface area contributed by atoms with Gasteiger partial charge in [0.05, 0.1) is 0 Å². The number of hydrogen-bond acceptors (Lipinski definition) is 4. The molecule has 21 heavy (non-hydrogen) atoms. The van der Waals surface area contributed by atoms with Gasteiger partial charge in [-0.15, -0.1) is 0 Å². The van der Waals surface area contributed by atoms with Gasteiger partial charge in [-0.05, 0) is 31.2 Å². The van der Waals surface area contributed by atoms with E-state index in [1.807, 2.05) is 25.1 Å². The number of hydrogen-bond donors (Lipinski definition) is 2. The predicted molar refractivity (Wildman–Crippen MR) is 87.4 cm³/mol. The van der Waals surface area contributed by atoms with Crippen LogP contribution in [0, 0.1) is 6.92 Å². The Bertz CT molecular complexity index is 481. The maximum absolute atomic E-state index is 12.1. The average Bonchev–Trinajstić information content (AvgIpc) is 2.50. The maximum Gasteiger partial charge on any atom is 0.225 e. The molecule has 1 aromatic rings. The summed E-state index contributed by atoms with van der Waals surface area (Å²) in [4.78, 5) is 16.8. The molecule has 1 amide bonds. The zero-order valence-electron chi connectivity index (χ0n) is 13.1. The number of nitrogens with zero attached hydrogens (tertiary/aromatic N) is 2. The van der Waals surface area contributed by atoms with Crippen LogP contribution in [0.3, 0.4) is 0 Å². The zero-order valence-corrected chi connectivity index (χ0v) is 13.1. The SMILES string of the molecule is CCN1CCN(CCC(=O)Nc2cccc(N)c2C)CC1. The second-order valence-corrected chi connectivity index (χ2v) is 5.59. The first kappa shape index (κ1) is 15.8. The third-order valence-electron chi connectivity index (χ3n) is 4.22. The number of carbonyl (C=O) groups excluding carboxylic acids is 1. The van der Waals surface area contributed by atoms with Crippen LogP contribution in [-0.4, -0.2) is 55.0 Å². The standard InChI is InChI=1S/C16H26N4O/c1-3-19-9-11-20(12-10-19)8-7-16(21)18-15-6-4-5-14(17)13(15)2/h4-6H,3,7-12,17H2,1-2H3,(H,18,21). The van der Waals surface area contributed by atoms with E-state index in [2.05, 4.69) is 22.0 Å². The first-order valence-corrected chi connectivity index (χ1v) is 7.69. The Morgan fingerprint density at radius 3 is 2.57 bits per heavy atom. The second kappa shape index (κ2) is 7.43. The van der Waals surface area contributed by atoms with Crippen LogP contribution in [0.2, 0.25) is 0 Å². The molecule has 1 aromatic carbocycles. The lowest BCUT2D eigenvalue weighted by Crippen LogP contribution is -2.46. The van der Waals surface area contributed by atoms with Crippen LogP contribution in [0.1, 0.15) is 18.9 Å². The molecule has 0 unspecified atom stereocenters. The average molecular weight is 290 g/mol. The highest BCUT2D eigenvalue weighted by Crippen LogP contribution is 2.20. The fourth-order valence-electron chi connectivity index (χ4n) is 2.59. The first-order valence-electron chi connectivity index (χ1n) is 7.69. The minimum Gasteiger partial charge on any atom is -0.398 e. The number of carbonyl (C=O) groups is 1. The minimum atomic E-state index is 0.0571. The van der Waals surface area contributed by atoms with E-state index in [4.69, 9.17) is 5.73 Å². The lowest BCUT2D eigenvalue weighted by Gasteiger charge is -2.33. The number of benzene rings is 1. The van der Waals surface area contributed by atoms with E-state index in [1.165, 1.54) is 0 Å². The molecule has 116 valence electrons. The third kappa shape index (κ3) is 4.44. The van der Waals surface area contributed by atoms with Gasteiger partial charge in [0.1, 0.15) is 0 Å². The van der Waals surface area contributed by atoms with Crippen LogP contribution in [0.4, 0.5) is 11.4 Å². The number of likely N-dealkylation sites (N-methyl/N-ethyl adjacent to an activating group) is 1. The van der Waals surface area contributed by atoms with Crippen molar-refractivity contribution in [3.8, 4) is 0 Å². The molecular weight excluding hydrogens is 264 g/mol. The molecular formula is C16H26N4O. The number of rotatable bonds is 5. The Labute approximate surface area is 127 Å². The van der Waals surface area contributed by atoms with E-state index in [1.54, 1.807) is 0 Å². The predicted octanol–water partition coefficient (Wildman–Crippen LogP) is 1.54. The molecule has 1 heterocycles. The van der Waals surface area contributed by atoms with Crippen molar-refractivity contribution in [2.45, 2.75) is 20.3 Å². The molecule has 5 heteroatoms. The molecule has 0 radical (unpaired) electrons. The third-order valence-corrected chi connectivity index (χ3v) is 4.22. The molecule has 0 aliphatic carbocycles. The molecule has 1 saturated heterocycles. The van der Waals surface area contributed by atoms with Gasteiger partial charge in [0.15, 0.2) is 0 Å². The topological polar surface area (TPSA) is 61.6 Å². The van der Waals surface area contributed by atoms with Crippen molar-refractivity contribution in [1.29, 1.82) is 0 Å². The summed E-state index contributed by atoms with van der Waals surface area (Å²) >= 11 is 0. The van der Waals surface area contributed by atoms with Crippen LogP contribution < -0.4 is 11.1 Å². The van der Waals surface area contributed by atoms with Gasteiger partial charge in [-0.3, -0.25) is 4.79 Å². The van der Waals surface area contributed by atoms with Crippen LogP contribution in [-0.2, 0) is 4.79 Å². The molecule has 1 fully saturated rings. The Hall–Kier alpha value is -1.59. The highest BCUT2D eigenvalue weighted by atomic mass is 16.1. The maximum atomic E-state index is 12.1. The van der Waals surface area contributed by atoms with Crippen LogP contribution in [0.25, 0.3) is 0 Å². The Kier molecular flexibility index (Phi) is 5.59. The summed E-state index contributed by atoms with van der Waals surface area (Å²) in [5.41, 5.74) is 8.31. The van der Waals surface area contributed by atoms with Crippen molar-refractivity contribution in [2.75, 3.05) is 50.3 Å². The van der Waals surface area contributed by atoms with Crippen molar-refractivity contribution in [3.63, 3.8) is 0 Å². The van der Waals surface area contributed by atoms with E-state index >= 15 is 0 Å². The van der Waals surface area contributed by atoms with Gasteiger partial charge in [0.25, 0.3) is 0 Å². The van der Waals surface area contributed by atoms with Crippen LogP contribution >= 0.6 is 0 Å². The van der Waals surface area contributed by atoms with Gasteiger partial charge in [0.2, 0.25) is 5.91 Å². The van der Waals surface area contributed by atoms with Crippen LogP contribution in [0.15, 0.2) is 18.2 Å². The molecule has 0 bridgehead atoms. The van der Waals surface area contributed by atoms with Crippen molar-refractivity contribution >= 4 is 17.3 Å². The normalized spacial score (nSPS) is 16.9. The summed E-state index contributed by atoms with van der Waals surface area (Å²) < 4.78 is 0. The molecule has 3 N–H and O–H groups in total. The molecule has 0 spiro atoms. The monoisotopic (exact) mass is 290 g/mol. The van der Waals surface area contributed by atoms with E-state index in [0.717, 1.165) is 50.5 Å². The molecule has 2 rings (SSSR count). The smallest absolute Gasteiger partial charge is 0.225 e. The summed E-state index contributed by atoms with van der Waals surface area (Å²) in [5, 5.41) is 2.95. The van der Waals surface area contributed by atoms with Gasteiger partial charge in [0, 0.05) is 50.5 Å². The number of piperazine rings is 1. The summed E-state index contributed by atoms with van der Waals surface area (Å²) in [6.07, 6.45) is 0.528. The van der Waals surface area contributed by atoms with Gasteiger partial charge < -0.3 is 20.9 Å². The Balaban J connectivity index is 1.76.